The van der Waals surface area contributed by atoms with Crippen molar-refractivity contribution >= 4 is 23.5 Å². The van der Waals surface area contributed by atoms with Gasteiger partial charge in [0, 0.05) is 24.0 Å². The summed E-state index contributed by atoms with van der Waals surface area (Å²) in [7, 11) is 2.54. The van der Waals surface area contributed by atoms with Gasteiger partial charge in [0.2, 0.25) is 0 Å². The molecule has 0 amide bonds. The van der Waals surface area contributed by atoms with E-state index in [2.05, 4.69) is 0 Å². The molecule has 0 radical (unpaired) electrons. The first-order chi connectivity index (χ1) is 13.9. The van der Waals surface area contributed by atoms with Gasteiger partial charge in [-0.2, -0.15) is 0 Å². The number of halogens is 2. The van der Waals surface area contributed by atoms with Crippen molar-refractivity contribution in [2.24, 2.45) is 0 Å². The highest BCUT2D eigenvalue weighted by Gasteiger charge is 2.36. The fourth-order valence-corrected chi connectivity index (χ4v) is 3.47. The summed E-state index contributed by atoms with van der Waals surface area (Å²) >= 11 is 6.36. The molecule has 150 valence electrons. The SMILES string of the molecule is COC(=O)C1=CN(Cc2ccc(F)cc2)C=C(C(=O)OC)C1c1ccccc1Cl. The van der Waals surface area contributed by atoms with Crippen molar-refractivity contribution in [3.8, 4) is 0 Å². The molecule has 0 aliphatic carbocycles. The van der Waals surface area contributed by atoms with Crippen LogP contribution in [-0.2, 0) is 25.6 Å². The Morgan fingerprint density at radius 1 is 0.966 bits per heavy atom. The number of carbonyl (C=O) groups excluding carboxylic acids is 2. The first-order valence-corrected chi connectivity index (χ1v) is 9.17. The highest BCUT2D eigenvalue weighted by Crippen LogP contribution is 2.40. The summed E-state index contributed by atoms with van der Waals surface area (Å²) in [5.74, 6) is -2.27. The van der Waals surface area contributed by atoms with E-state index in [0.29, 0.717) is 17.1 Å². The molecule has 2 aromatic carbocycles. The fraction of sp³-hybridized carbons (Fsp3) is 0.182. The lowest BCUT2D eigenvalue weighted by Gasteiger charge is -2.30. The van der Waals surface area contributed by atoms with Crippen LogP contribution in [0.25, 0.3) is 0 Å². The molecule has 29 heavy (non-hydrogen) atoms. The molecule has 2 aromatic rings. The Balaban J connectivity index is 2.08. The zero-order chi connectivity index (χ0) is 21.0. The zero-order valence-electron chi connectivity index (χ0n) is 15.9. The van der Waals surface area contributed by atoms with E-state index in [1.54, 1.807) is 53.7 Å². The number of rotatable bonds is 5. The Bertz CT molecular complexity index is 951. The maximum absolute atomic E-state index is 13.2. The molecule has 0 aromatic heterocycles. The lowest BCUT2D eigenvalue weighted by Crippen LogP contribution is -2.28. The number of hydrogen-bond donors (Lipinski definition) is 0. The highest BCUT2D eigenvalue weighted by molar-refractivity contribution is 6.31. The smallest absolute Gasteiger partial charge is 0.336 e. The molecule has 0 saturated carbocycles. The lowest BCUT2D eigenvalue weighted by atomic mass is 9.83. The van der Waals surface area contributed by atoms with Gasteiger partial charge in [0.05, 0.1) is 31.3 Å². The molecule has 0 unspecified atom stereocenters. The first-order valence-electron chi connectivity index (χ1n) is 8.79. The van der Waals surface area contributed by atoms with Crippen molar-refractivity contribution in [2.45, 2.75) is 12.5 Å². The molecule has 0 saturated heterocycles. The Morgan fingerprint density at radius 3 is 2.03 bits per heavy atom. The van der Waals surface area contributed by atoms with Crippen molar-refractivity contribution in [1.82, 2.24) is 4.90 Å². The number of carbonyl (C=O) groups is 2. The van der Waals surface area contributed by atoms with Crippen LogP contribution in [0.3, 0.4) is 0 Å². The summed E-state index contributed by atoms with van der Waals surface area (Å²) in [5.41, 5.74) is 1.86. The van der Waals surface area contributed by atoms with E-state index in [4.69, 9.17) is 21.1 Å². The number of hydrogen-bond acceptors (Lipinski definition) is 5. The van der Waals surface area contributed by atoms with Crippen LogP contribution in [0.1, 0.15) is 17.0 Å². The largest absolute Gasteiger partial charge is 0.466 e. The third-order valence-corrected chi connectivity index (χ3v) is 4.91. The fourth-order valence-electron chi connectivity index (χ4n) is 3.22. The van der Waals surface area contributed by atoms with Gasteiger partial charge in [-0.15, -0.1) is 0 Å². The summed E-state index contributed by atoms with van der Waals surface area (Å²) in [4.78, 5) is 26.8. The standard InChI is InChI=1S/C22H19ClFNO4/c1-28-21(26)17-12-25(11-14-7-9-15(24)10-8-14)13-18(22(27)29-2)20(17)16-5-3-4-6-19(16)23/h3-10,12-13,20H,11H2,1-2H3. The van der Waals surface area contributed by atoms with Crippen LogP contribution in [0.5, 0.6) is 0 Å². The van der Waals surface area contributed by atoms with Crippen LogP contribution in [0.2, 0.25) is 5.02 Å². The lowest BCUT2D eigenvalue weighted by molar-refractivity contribution is -0.137. The van der Waals surface area contributed by atoms with E-state index in [9.17, 15) is 14.0 Å². The van der Waals surface area contributed by atoms with Crippen LogP contribution < -0.4 is 0 Å². The summed E-state index contributed by atoms with van der Waals surface area (Å²) in [6.45, 7) is 0.316. The monoisotopic (exact) mass is 415 g/mol. The zero-order valence-corrected chi connectivity index (χ0v) is 16.7. The minimum Gasteiger partial charge on any atom is -0.466 e. The molecular weight excluding hydrogens is 397 g/mol. The van der Waals surface area contributed by atoms with Crippen LogP contribution in [-0.4, -0.2) is 31.1 Å². The molecule has 1 aliphatic heterocycles. The number of benzene rings is 2. The molecule has 0 atom stereocenters. The summed E-state index contributed by atoms with van der Waals surface area (Å²) in [6.07, 6.45) is 3.21. The molecule has 0 N–H and O–H groups in total. The van der Waals surface area contributed by atoms with Crippen LogP contribution in [0.15, 0.2) is 72.1 Å². The third kappa shape index (κ3) is 4.49. The molecule has 0 fully saturated rings. The van der Waals surface area contributed by atoms with Gasteiger partial charge in [-0.05, 0) is 29.3 Å². The molecule has 0 spiro atoms. The molecule has 5 nitrogen and oxygen atoms in total. The van der Waals surface area contributed by atoms with Gasteiger partial charge >= 0.3 is 11.9 Å². The van der Waals surface area contributed by atoms with E-state index < -0.39 is 17.9 Å². The Labute approximate surface area is 173 Å². The normalized spacial score (nSPS) is 14.1. The minimum atomic E-state index is -0.743. The first kappa shape index (κ1) is 20.6. The topological polar surface area (TPSA) is 55.8 Å². The van der Waals surface area contributed by atoms with Crippen LogP contribution in [0, 0.1) is 5.82 Å². The maximum Gasteiger partial charge on any atom is 0.336 e. The second-order valence-electron chi connectivity index (χ2n) is 6.41. The molecule has 7 heteroatoms. The predicted molar refractivity (Wildman–Crippen MR) is 106 cm³/mol. The summed E-state index contributed by atoms with van der Waals surface area (Å²) in [6, 6.07) is 12.9. The number of esters is 2. The van der Waals surface area contributed by atoms with Crippen molar-refractivity contribution in [1.29, 1.82) is 0 Å². The molecule has 1 heterocycles. The van der Waals surface area contributed by atoms with Gasteiger partial charge in [0.15, 0.2) is 0 Å². The average molecular weight is 416 g/mol. The van der Waals surface area contributed by atoms with Crippen LogP contribution >= 0.6 is 11.6 Å². The Morgan fingerprint density at radius 2 is 1.52 bits per heavy atom. The van der Waals surface area contributed by atoms with E-state index in [-0.39, 0.29) is 17.0 Å². The van der Waals surface area contributed by atoms with Gasteiger partial charge in [-0.1, -0.05) is 41.9 Å². The Kier molecular flexibility index (Phi) is 6.34. The maximum atomic E-state index is 13.2. The van der Waals surface area contributed by atoms with Crippen LogP contribution in [0.4, 0.5) is 4.39 Å². The molecule has 1 aliphatic rings. The van der Waals surface area contributed by atoms with E-state index in [1.807, 2.05) is 0 Å². The van der Waals surface area contributed by atoms with Crippen molar-refractivity contribution in [3.05, 3.63) is 94.0 Å². The van der Waals surface area contributed by atoms with E-state index in [1.165, 1.54) is 26.4 Å². The van der Waals surface area contributed by atoms with Crippen molar-refractivity contribution in [2.75, 3.05) is 14.2 Å². The minimum absolute atomic E-state index is 0.241. The Hall–Kier alpha value is -3.12. The summed E-state index contributed by atoms with van der Waals surface area (Å²) < 4.78 is 23.1. The number of methoxy groups -OCH3 is 2. The second kappa shape index (κ2) is 8.92. The quantitative estimate of drug-likeness (QED) is 0.685. The predicted octanol–water partition coefficient (Wildman–Crippen LogP) is 4.19. The molecular formula is C22H19ClFNO4. The van der Waals surface area contributed by atoms with Gasteiger partial charge in [-0.3, -0.25) is 0 Å². The number of nitrogens with zero attached hydrogens (tertiary/aromatic N) is 1. The van der Waals surface area contributed by atoms with Gasteiger partial charge in [0.25, 0.3) is 0 Å². The second-order valence-corrected chi connectivity index (χ2v) is 6.81. The summed E-state index contributed by atoms with van der Waals surface area (Å²) in [5, 5.41) is 0.411. The van der Waals surface area contributed by atoms with Gasteiger partial charge in [-0.25, -0.2) is 14.0 Å². The number of ether oxygens (including phenoxy) is 2. The van der Waals surface area contributed by atoms with E-state index in [0.717, 1.165) is 5.56 Å². The molecule has 0 bridgehead atoms. The molecule has 3 rings (SSSR count). The van der Waals surface area contributed by atoms with Crippen molar-refractivity contribution in [3.63, 3.8) is 0 Å². The third-order valence-electron chi connectivity index (χ3n) is 4.57. The van der Waals surface area contributed by atoms with E-state index >= 15 is 0 Å². The average Bonchev–Trinajstić information content (AvgIpc) is 2.74. The van der Waals surface area contributed by atoms with Gasteiger partial charge in [0.1, 0.15) is 5.82 Å². The van der Waals surface area contributed by atoms with Crippen molar-refractivity contribution < 1.29 is 23.5 Å². The highest BCUT2D eigenvalue weighted by atomic mass is 35.5. The van der Waals surface area contributed by atoms with Gasteiger partial charge < -0.3 is 14.4 Å².